The van der Waals surface area contributed by atoms with Gasteiger partial charge in [-0.15, -0.1) is 0 Å². The molecule has 0 bridgehead atoms. The van der Waals surface area contributed by atoms with Crippen molar-refractivity contribution in [1.82, 2.24) is 0 Å². The van der Waals surface area contributed by atoms with Crippen molar-refractivity contribution in [3.05, 3.63) is 71.4 Å². The molecule has 1 heterocycles. The number of halogens is 1. The first kappa shape index (κ1) is 18.0. The van der Waals surface area contributed by atoms with E-state index in [0.29, 0.717) is 22.0 Å². The van der Waals surface area contributed by atoms with Crippen LogP contribution in [-0.2, 0) is 10.0 Å². The largest absolute Gasteiger partial charge is 0.451 e. The third-order valence-electron chi connectivity index (χ3n) is 3.44. The molecule has 8 heteroatoms. The number of rotatable bonds is 5. The molecule has 1 amide bonds. The summed E-state index contributed by atoms with van der Waals surface area (Å²) in [5.41, 5.74) is 1.26. The lowest BCUT2D eigenvalue weighted by Crippen LogP contribution is -2.15. The van der Waals surface area contributed by atoms with Crippen molar-refractivity contribution in [2.24, 2.45) is 0 Å². The Balaban J connectivity index is 1.83. The standard InChI is InChI=1S/C18H15ClN2O4S/c1-26(23,24)21-15-9-5-4-8-14(15)20-18(22)17-11-10-16(25-17)12-6-2-3-7-13(12)19/h2-11,21H,1H3,(H,20,22). The van der Waals surface area contributed by atoms with Crippen LogP contribution in [0.3, 0.4) is 0 Å². The zero-order valence-corrected chi connectivity index (χ0v) is 15.3. The Hall–Kier alpha value is -2.77. The third kappa shape index (κ3) is 4.25. The SMILES string of the molecule is CS(=O)(=O)Nc1ccccc1NC(=O)c1ccc(-c2ccccc2Cl)o1. The summed E-state index contributed by atoms with van der Waals surface area (Å²) in [4.78, 5) is 12.4. The van der Waals surface area contributed by atoms with Gasteiger partial charge in [-0.05, 0) is 36.4 Å². The molecule has 0 atom stereocenters. The van der Waals surface area contributed by atoms with Crippen molar-refractivity contribution in [1.29, 1.82) is 0 Å². The molecule has 1 aromatic heterocycles. The van der Waals surface area contributed by atoms with Crippen LogP contribution < -0.4 is 10.0 Å². The van der Waals surface area contributed by atoms with E-state index in [1.807, 2.05) is 6.07 Å². The molecule has 0 saturated heterocycles. The summed E-state index contributed by atoms with van der Waals surface area (Å²) in [5.74, 6) is 0.0310. The summed E-state index contributed by atoms with van der Waals surface area (Å²) >= 11 is 6.13. The van der Waals surface area contributed by atoms with Crippen LogP contribution in [0.4, 0.5) is 11.4 Å². The predicted octanol–water partition coefficient (Wildman–Crippen LogP) is 4.22. The maximum atomic E-state index is 12.4. The Morgan fingerprint density at radius 1 is 0.962 bits per heavy atom. The molecule has 2 N–H and O–H groups in total. The first-order valence-corrected chi connectivity index (χ1v) is 9.83. The molecule has 26 heavy (non-hydrogen) atoms. The number of carbonyl (C=O) groups is 1. The number of anilines is 2. The van der Waals surface area contributed by atoms with Crippen LogP contribution in [0.15, 0.2) is 65.1 Å². The lowest BCUT2D eigenvalue weighted by Gasteiger charge is -2.11. The molecule has 0 unspecified atom stereocenters. The molecule has 2 aromatic carbocycles. The van der Waals surface area contributed by atoms with Crippen LogP contribution in [0.1, 0.15) is 10.6 Å². The molecular weight excluding hydrogens is 376 g/mol. The van der Waals surface area contributed by atoms with Crippen LogP contribution in [0.2, 0.25) is 5.02 Å². The van der Waals surface area contributed by atoms with E-state index < -0.39 is 15.9 Å². The van der Waals surface area contributed by atoms with E-state index in [9.17, 15) is 13.2 Å². The number of sulfonamides is 1. The lowest BCUT2D eigenvalue weighted by molar-refractivity contribution is 0.0997. The van der Waals surface area contributed by atoms with Crippen molar-refractivity contribution in [2.45, 2.75) is 0 Å². The summed E-state index contributed by atoms with van der Waals surface area (Å²) < 4.78 is 30.8. The number of amides is 1. The van der Waals surface area contributed by atoms with Crippen LogP contribution >= 0.6 is 11.6 Å². The van der Waals surface area contributed by atoms with Gasteiger partial charge in [0.2, 0.25) is 10.0 Å². The Kier molecular flexibility index (Phi) is 5.01. The van der Waals surface area contributed by atoms with Crippen molar-refractivity contribution in [2.75, 3.05) is 16.3 Å². The highest BCUT2D eigenvalue weighted by Crippen LogP contribution is 2.29. The molecule has 0 aliphatic heterocycles. The fraction of sp³-hybridized carbons (Fsp3) is 0.0556. The van der Waals surface area contributed by atoms with E-state index in [2.05, 4.69) is 10.0 Å². The van der Waals surface area contributed by atoms with Crippen molar-refractivity contribution < 1.29 is 17.6 Å². The molecule has 0 radical (unpaired) electrons. The van der Waals surface area contributed by atoms with Crippen molar-refractivity contribution >= 4 is 38.9 Å². The molecule has 0 aliphatic carbocycles. The molecule has 134 valence electrons. The minimum absolute atomic E-state index is 0.0779. The fourth-order valence-corrected chi connectivity index (χ4v) is 3.14. The highest BCUT2D eigenvalue weighted by atomic mass is 35.5. The van der Waals surface area contributed by atoms with Gasteiger partial charge in [0, 0.05) is 5.56 Å². The highest BCUT2D eigenvalue weighted by molar-refractivity contribution is 7.92. The molecule has 0 aliphatic rings. The van der Waals surface area contributed by atoms with Gasteiger partial charge < -0.3 is 9.73 Å². The minimum Gasteiger partial charge on any atom is -0.451 e. The van der Waals surface area contributed by atoms with Gasteiger partial charge in [-0.2, -0.15) is 0 Å². The van der Waals surface area contributed by atoms with E-state index in [4.69, 9.17) is 16.0 Å². The summed E-state index contributed by atoms with van der Waals surface area (Å²) in [6, 6.07) is 16.8. The number of carbonyl (C=O) groups excluding carboxylic acids is 1. The average Bonchev–Trinajstić information content (AvgIpc) is 3.06. The topological polar surface area (TPSA) is 88.4 Å². The van der Waals surface area contributed by atoms with Gasteiger partial charge in [-0.25, -0.2) is 8.42 Å². The van der Waals surface area contributed by atoms with Crippen LogP contribution in [0, 0.1) is 0 Å². The second-order valence-corrected chi connectivity index (χ2v) is 7.67. The quantitative estimate of drug-likeness (QED) is 0.682. The van der Waals surface area contributed by atoms with E-state index in [-0.39, 0.29) is 11.4 Å². The number of furan rings is 1. The molecule has 3 aromatic rings. The maximum absolute atomic E-state index is 12.4. The Labute approximate surface area is 155 Å². The summed E-state index contributed by atoms with van der Waals surface area (Å²) in [6.07, 6.45) is 1.04. The lowest BCUT2D eigenvalue weighted by atomic mass is 10.2. The Bertz CT molecular complexity index is 1060. The van der Waals surface area contributed by atoms with Gasteiger partial charge in [-0.3, -0.25) is 9.52 Å². The van der Waals surface area contributed by atoms with Crippen LogP contribution in [-0.4, -0.2) is 20.6 Å². The molecular formula is C18H15ClN2O4S. The van der Waals surface area contributed by atoms with Gasteiger partial charge in [0.25, 0.3) is 5.91 Å². The summed E-state index contributed by atoms with van der Waals surface area (Å²) in [6.45, 7) is 0. The van der Waals surface area contributed by atoms with E-state index in [1.165, 1.54) is 6.07 Å². The van der Waals surface area contributed by atoms with Crippen LogP contribution in [0.25, 0.3) is 11.3 Å². The first-order chi connectivity index (χ1) is 12.3. The van der Waals surface area contributed by atoms with E-state index in [1.54, 1.807) is 48.5 Å². The molecule has 0 spiro atoms. The molecule has 0 fully saturated rings. The zero-order chi connectivity index (χ0) is 18.7. The van der Waals surface area contributed by atoms with Gasteiger partial charge in [-0.1, -0.05) is 35.9 Å². The highest BCUT2D eigenvalue weighted by Gasteiger charge is 2.16. The second kappa shape index (κ2) is 7.23. The third-order valence-corrected chi connectivity index (χ3v) is 4.36. The number of para-hydroxylation sites is 2. The maximum Gasteiger partial charge on any atom is 0.291 e. The second-order valence-electron chi connectivity index (χ2n) is 5.52. The number of hydrogen-bond acceptors (Lipinski definition) is 4. The van der Waals surface area contributed by atoms with Gasteiger partial charge >= 0.3 is 0 Å². The number of nitrogens with one attached hydrogen (secondary N) is 2. The van der Waals surface area contributed by atoms with Crippen molar-refractivity contribution in [3.8, 4) is 11.3 Å². The fourth-order valence-electron chi connectivity index (χ4n) is 2.33. The molecule has 3 rings (SSSR count). The van der Waals surface area contributed by atoms with Gasteiger partial charge in [0.15, 0.2) is 5.76 Å². The van der Waals surface area contributed by atoms with Crippen LogP contribution in [0.5, 0.6) is 0 Å². The van der Waals surface area contributed by atoms with E-state index >= 15 is 0 Å². The number of hydrogen-bond donors (Lipinski definition) is 2. The normalized spacial score (nSPS) is 11.2. The van der Waals surface area contributed by atoms with E-state index in [0.717, 1.165) is 6.26 Å². The predicted molar refractivity (Wildman–Crippen MR) is 102 cm³/mol. The minimum atomic E-state index is -3.48. The first-order valence-electron chi connectivity index (χ1n) is 7.56. The Morgan fingerprint density at radius 3 is 2.31 bits per heavy atom. The molecule has 0 saturated carbocycles. The Morgan fingerprint density at radius 2 is 1.62 bits per heavy atom. The smallest absolute Gasteiger partial charge is 0.291 e. The molecule has 6 nitrogen and oxygen atoms in total. The monoisotopic (exact) mass is 390 g/mol. The summed E-state index contributed by atoms with van der Waals surface area (Å²) in [7, 11) is -3.48. The summed E-state index contributed by atoms with van der Waals surface area (Å²) in [5, 5.41) is 3.15. The average molecular weight is 391 g/mol. The van der Waals surface area contributed by atoms with Crippen molar-refractivity contribution in [3.63, 3.8) is 0 Å². The zero-order valence-electron chi connectivity index (χ0n) is 13.7. The number of benzene rings is 2. The van der Waals surface area contributed by atoms with Gasteiger partial charge in [0.05, 0.1) is 22.7 Å². The van der Waals surface area contributed by atoms with Gasteiger partial charge in [0.1, 0.15) is 5.76 Å².